The number of hydrogen-bond donors (Lipinski definition) is 2. The molecule has 0 spiro atoms. The van der Waals surface area contributed by atoms with E-state index in [0.717, 1.165) is 11.3 Å². The lowest BCUT2D eigenvalue weighted by atomic mass is 10.1. The third-order valence-electron chi connectivity index (χ3n) is 3.42. The topological polar surface area (TPSA) is 78.7 Å². The Hall–Kier alpha value is -2.08. The number of carbonyl (C=O) groups is 2. The molecule has 0 aliphatic heterocycles. The SMILES string of the molecule is CCN(Cc1ccc(N(C)C)cc1)[C@H](C)C(=O)NC(N)=O. The maximum atomic E-state index is 11.8. The Morgan fingerprint density at radius 2 is 1.81 bits per heavy atom. The number of hydrogen-bond acceptors (Lipinski definition) is 4. The van der Waals surface area contributed by atoms with Crippen molar-refractivity contribution in [3.8, 4) is 0 Å². The van der Waals surface area contributed by atoms with E-state index < -0.39 is 12.1 Å². The molecule has 116 valence electrons. The summed E-state index contributed by atoms with van der Waals surface area (Å²) in [5.41, 5.74) is 7.21. The lowest BCUT2D eigenvalue weighted by Gasteiger charge is -2.26. The molecule has 1 atom stereocenters. The molecule has 0 aliphatic carbocycles. The number of imide groups is 1. The largest absolute Gasteiger partial charge is 0.378 e. The van der Waals surface area contributed by atoms with Gasteiger partial charge in [-0.15, -0.1) is 0 Å². The van der Waals surface area contributed by atoms with Gasteiger partial charge in [0.05, 0.1) is 6.04 Å². The van der Waals surface area contributed by atoms with Crippen LogP contribution >= 0.6 is 0 Å². The number of nitrogens with two attached hydrogens (primary N) is 1. The van der Waals surface area contributed by atoms with Gasteiger partial charge in [0, 0.05) is 26.3 Å². The van der Waals surface area contributed by atoms with Gasteiger partial charge in [-0.05, 0) is 31.2 Å². The molecule has 0 saturated carbocycles. The van der Waals surface area contributed by atoms with Crippen LogP contribution in [0.15, 0.2) is 24.3 Å². The molecular weight excluding hydrogens is 268 g/mol. The molecule has 0 radical (unpaired) electrons. The molecule has 1 aromatic carbocycles. The number of likely N-dealkylation sites (N-methyl/N-ethyl adjacent to an activating group) is 1. The van der Waals surface area contributed by atoms with Crippen LogP contribution < -0.4 is 16.0 Å². The smallest absolute Gasteiger partial charge is 0.318 e. The zero-order chi connectivity index (χ0) is 16.0. The Morgan fingerprint density at radius 3 is 2.24 bits per heavy atom. The lowest BCUT2D eigenvalue weighted by Crippen LogP contribution is -2.48. The van der Waals surface area contributed by atoms with Crippen LogP contribution in [0.5, 0.6) is 0 Å². The monoisotopic (exact) mass is 292 g/mol. The van der Waals surface area contributed by atoms with Gasteiger partial charge >= 0.3 is 6.03 Å². The molecule has 6 nitrogen and oxygen atoms in total. The fourth-order valence-corrected chi connectivity index (χ4v) is 2.05. The number of carbonyl (C=O) groups excluding carboxylic acids is 2. The number of nitrogens with zero attached hydrogens (tertiary/aromatic N) is 2. The molecule has 0 fully saturated rings. The predicted molar refractivity (Wildman–Crippen MR) is 84.0 cm³/mol. The molecule has 1 rings (SSSR count). The van der Waals surface area contributed by atoms with Gasteiger partial charge in [0.25, 0.3) is 0 Å². The maximum Gasteiger partial charge on any atom is 0.318 e. The zero-order valence-electron chi connectivity index (χ0n) is 13.1. The van der Waals surface area contributed by atoms with E-state index in [0.29, 0.717) is 13.1 Å². The van der Waals surface area contributed by atoms with Crippen LogP contribution in [0.1, 0.15) is 19.4 Å². The fraction of sp³-hybridized carbons (Fsp3) is 0.467. The number of nitrogens with one attached hydrogen (secondary N) is 1. The van der Waals surface area contributed by atoms with Crippen molar-refractivity contribution >= 4 is 17.6 Å². The van der Waals surface area contributed by atoms with Crippen molar-refractivity contribution < 1.29 is 9.59 Å². The van der Waals surface area contributed by atoms with Crippen LogP contribution in [0.3, 0.4) is 0 Å². The van der Waals surface area contributed by atoms with E-state index in [2.05, 4.69) is 5.32 Å². The Balaban J connectivity index is 2.72. The van der Waals surface area contributed by atoms with Crippen molar-refractivity contribution in [2.24, 2.45) is 5.73 Å². The number of urea groups is 1. The van der Waals surface area contributed by atoms with Crippen molar-refractivity contribution in [1.29, 1.82) is 0 Å². The summed E-state index contributed by atoms with van der Waals surface area (Å²) < 4.78 is 0. The molecule has 21 heavy (non-hydrogen) atoms. The first-order valence-electron chi connectivity index (χ1n) is 6.95. The van der Waals surface area contributed by atoms with Crippen molar-refractivity contribution in [1.82, 2.24) is 10.2 Å². The minimum Gasteiger partial charge on any atom is -0.378 e. The van der Waals surface area contributed by atoms with Gasteiger partial charge in [0.1, 0.15) is 0 Å². The van der Waals surface area contributed by atoms with Gasteiger partial charge in [0.2, 0.25) is 5.91 Å². The third kappa shape index (κ3) is 5.07. The number of anilines is 1. The van der Waals surface area contributed by atoms with E-state index >= 15 is 0 Å². The summed E-state index contributed by atoms with van der Waals surface area (Å²) in [6.45, 7) is 5.07. The average Bonchev–Trinajstić information content (AvgIpc) is 2.43. The van der Waals surface area contributed by atoms with Gasteiger partial charge in [-0.3, -0.25) is 15.0 Å². The van der Waals surface area contributed by atoms with E-state index in [1.54, 1.807) is 6.92 Å². The first-order chi connectivity index (χ1) is 9.85. The molecule has 0 aromatic heterocycles. The summed E-state index contributed by atoms with van der Waals surface area (Å²) in [7, 11) is 3.98. The highest BCUT2D eigenvalue weighted by Crippen LogP contribution is 2.14. The Bertz CT molecular complexity index is 485. The molecule has 3 N–H and O–H groups in total. The van der Waals surface area contributed by atoms with Gasteiger partial charge in [0.15, 0.2) is 0 Å². The number of primary amides is 1. The first kappa shape index (κ1) is 17.0. The Kier molecular flexibility index (Phi) is 6.17. The summed E-state index contributed by atoms with van der Waals surface area (Å²) in [5, 5.41) is 2.12. The normalized spacial score (nSPS) is 12.0. The summed E-state index contributed by atoms with van der Waals surface area (Å²) in [6, 6.07) is 6.91. The molecule has 0 saturated heterocycles. The van der Waals surface area contributed by atoms with E-state index in [9.17, 15) is 9.59 Å². The molecule has 0 unspecified atom stereocenters. The van der Waals surface area contributed by atoms with Crippen molar-refractivity contribution in [3.63, 3.8) is 0 Å². The van der Waals surface area contributed by atoms with Gasteiger partial charge in [-0.2, -0.15) is 0 Å². The molecule has 1 aromatic rings. The summed E-state index contributed by atoms with van der Waals surface area (Å²) in [4.78, 5) is 26.6. The minimum absolute atomic E-state index is 0.380. The molecule has 0 bridgehead atoms. The quantitative estimate of drug-likeness (QED) is 0.824. The van der Waals surface area contributed by atoms with Gasteiger partial charge in [-0.1, -0.05) is 19.1 Å². The number of rotatable bonds is 6. The van der Waals surface area contributed by atoms with Gasteiger partial charge < -0.3 is 10.6 Å². The molecule has 3 amide bonds. The van der Waals surface area contributed by atoms with Crippen LogP contribution in [-0.2, 0) is 11.3 Å². The van der Waals surface area contributed by atoms with E-state index in [4.69, 9.17) is 5.73 Å². The zero-order valence-corrected chi connectivity index (χ0v) is 13.1. The Morgan fingerprint density at radius 1 is 1.24 bits per heavy atom. The third-order valence-corrected chi connectivity index (χ3v) is 3.42. The lowest BCUT2D eigenvalue weighted by molar-refractivity contribution is -0.124. The molecular formula is C15H24N4O2. The molecule has 0 aliphatic rings. The van der Waals surface area contributed by atoms with E-state index in [-0.39, 0.29) is 5.91 Å². The minimum atomic E-state index is -0.821. The van der Waals surface area contributed by atoms with Crippen LogP contribution in [-0.4, -0.2) is 43.5 Å². The van der Waals surface area contributed by atoms with Crippen LogP contribution in [0, 0.1) is 0 Å². The van der Waals surface area contributed by atoms with Crippen molar-refractivity contribution in [2.45, 2.75) is 26.4 Å². The highest BCUT2D eigenvalue weighted by atomic mass is 16.2. The van der Waals surface area contributed by atoms with Crippen molar-refractivity contribution in [2.75, 3.05) is 25.5 Å². The van der Waals surface area contributed by atoms with E-state index in [1.807, 2.05) is 55.1 Å². The summed E-state index contributed by atoms with van der Waals surface area (Å²) in [5.74, 6) is -0.380. The first-order valence-corrected chi connectivity index (χ1v) is 6.95. The molecule has 6 heteroatoms. The van der Waals surface area contributed by atoms with Crippen molar-refractivity contribution in [3.05, 3.63) is 29.8 Å². The van der Waals surface area contributed by atoms with Gasteiger partial charge in [-0.25, -0.2) is 4.79 Å². The van der Waals surface area contributed by atoms with E-state index in [1.165, 1.54) is 0 Å². The highest BCUT2D eigenvalue weighted by Gasteiger charge is 2.21. The second kappa shape index (κ2) is 7.64. The standard InChI is InChI=1S/C15H24N4O2/c1-5-19(11(2)14(20)17-15(16)21)10-12-6-8-13(9-7-12)18(3)4/h6-9,11H,5,10H2,1-4H3,(H3,16,17,20,21)/t11-/m1/s1. The molecule has 0 heterocycles. The van der Waals surface area contributed by atoms with Crippen LogP contribution in [0.25, 0.3) is 0 Å². The maximum absolute atomic E-state index is 11.8. The summed E-state index contributed by atoms with van der Waals surface area (Å²) >= 11 is 0. The van der Waals surface area contributed by atoms with Crippen LogP contribution in [0.4, 0.5) is 10.5 Å². The fourth-order valence-electron chi connectivity index (χ4n) is 2.05. The second-order valence-electron chi connectivity index (χ2n) is 5.15. The second-order valence-corrected chi connectivity index (χ2v) is 5.15. The average molecular weight is 292 g/mol. The Labute approximate surface area is 125 Å². The number of amides is 3. The predicted octanol–water partition coefficient (Wildman–Crippen LogP) is 1.16. The van der Waals surface area contributed by atoms with Crippen LogP contribution in [0.2, 0.25) is 0 Å². The summed E-state index contributed by atoms with van der Waals surface area (Å²) in [6.07, 6.45) is 0. The number of benzene rings is 1. The highest BCUT2D eigenvalue weighted by molar-refractivity contribution is 5.96.